The fourth-order valence-corrected chi connectivity index (χ4v) is 4.09. The van der Waals surface area contributed by atoms with Gasteiger partial charge in [0.05, 0.1) is 0 Å². The van der Waals surface area contributed by atoms with Gasteiger partial charge < -0.3 is 9.84 Å². The summed E-state index contributed by atoms with van der Waals surface area (Å²) in [4.78, 5) is 0. The first kappa shape index (κ1) is 20.9. The second-order valence-corrected chi connectivity index (χ2v) is 7.23. The van der Waals surface area contributed by atoms with Crippen molar-refractivity contribution < 1.29 is 9.84 Å². The Bertz CT molecular complexity index is 748. The lowest BCUT2D eigenvalue weighted by atomic mass is 9.77. The van der Waals surface area contributed by atoms with Crippen LogP contribution in [-0.2, 0) is 25.0 Å². The van der Waals surface area contributed by atoms with E-state index in [9.17, 15) is 5.11 Å². The summed E-state index contributed by atoms with van der Waals surface area (Å²) in [6.07, 6.45) is 12.4. The first-order chi connectivity index (χ1) is 12.9. The molecular formula is C24H31NO2. The molecule has 0 radical (unpaired) electrons. The van der Waals surface area contributed by atoms with Gasteiger partial charge in [-0.15, -0.1) is 32.9 Å². The minimum atomic E-state index is -1.51. The van der Waals surface area contributed by atoms with E-state index in [2.05, 4.69) is 39.0 Å². The Morgan fingerprint density at radius 2 is 1.48 bits per heavy atom. The van der Waals surface area contributed by atoms with Gasteiger partial charge in [0, 0.05) is 30.4 Å². The fourth-order valence-electron chi connectivity index (χ4n) is 4.09. The van der Waals surface area contributed by atoms with Gasteiger partial charge in [-0.3, -0.25) is 5.73 Å². The average Bonchev–Trinajstić information content (AvgIpc) is 2.57. The molecule has 0 fully saturated rings. The minimum absolute atomic E-state index is 0.267. The van der Waals surface area contributed by atoms with Gasteiger partial charge in [0.2, 0.25) is 0 Å². The SMILES string of the molecule is C=CCc1cc(CC=C)c2c(c1CC=C)OC(CC=C)(CC=C)CC2(N)O. The molecule has 2 rings (SSSR count). The first-order valence-electron chi connectivity index (χ1n) is 9.31. The van der Waals surface area contributed by atoms with Crippen LogP contribution in [-0.4, -0.2) is 10.7 Å². The molecule has 3 nitrogen and oxygen atoms in total. The predicted octanol–water partition coefficient (Wildman–Crippen LogP) is 4.65. The molecule has 144 valence electrons. The number of ether oxygens (including phenoxy) is 1. The van der Waals surface area contributed by atoms with Crippen molar-refractivity contribution in [2.75, 3.05) is 0 Å². The molecule has 0 aromatic heterocycles. The van der Waals surface area contributed by atoms with Crippen LogP contribution in [0.3, 0.4) is 0 Å². The van der Waals surface area contributed by atoms with Crippen LogP contribution in [0.1, 0.15) is 41.5 Å². The van der Waals surface area contributed by atoms with Crippen LogP contribution in [0, 0.1) is 0 Å². The molecule has 1 aliphatic heterocycles. The van der Waals surface area contributed by atoms with Gasteiger partial charge in [0.1, 0.15) is 17.1 Å². The van der Waals surface area contributed by atoms with E-state index in [0.717, 1.165) is 16.7 Å². The number of aliphatic hydroxyl groups is 1. The van der Waals surface area contributed by atoms with E-state index in [1.54, 1.807) is 12.2 Å². The van der Waals surface area contributed by atoms with Crippen molar-refractivity contribution in [3.63, 3.8) is 0 Å². The Morgan fingerprint density at radius 1 is 0.926 bits per heavy atom. The standard InChI is InChI=1S/C24H31NO2/c1-6-11-18-16-19(12-7-2)21-22(20(18)13-8-3)27-23(14-9-4,15-10-5)17-24(21,25)26/h6-10,16,26H,1-5,11-15,17,25H2. The van der Waals surface area contributed by atoms with Gasteiger partial charge in [-0.25, -0.2) is 0 Å². The molecule has 0 spiro atoms. The van der Waals surface area contributed by atoms with Gasteiger partial charge in [0.15, 0.2) is 0 Å². The third kappa shape index (κ3) is 4.15. The molecule has 0 bridgehead atoms. The zero-order chi connectivity index (χ0) is 20.1. The number of allylic oxidation sites excluding steroid dienone is 3. The second-order valence-electron chi connectivity index (χ2n) is 7.23. The molecule has 3 N–H and O–H groups in total. The van der Waals surface area contributed by atoms with Crippen LogP contribution < -0.4 is 10.5 Å². The Morgan fingerprint density at radius 3 is 2.00 bits per heavy atom. The van der Waals surface area contributed by atoms with E-state index in [0.29, 0.717) is 43.4 Å². The molecule has 27 heavy (non-hydrogen) atoms. The smallest absolute Gasteiger partial charge is 0.147 e. The molecule has 1 heterocycles. The van der Waals surface area contributed by atoms with E-state index in [1.807, 2.05) is 18.2 Å². The maximum atomic E-state index is 11.3. The normalized spacial score (nSPS) is 20.1. The Kier molecular flexibility index (Phi) is 6.63. The topological polar surface area (TPSA) is 55.5 Å². The minimum Gasteiger partial charge on any atom is -0.486 e. The summed E-state index contributed by atoms with van der Waals surface area (Å²) in [5, 5.41) is 11.3. The Hall–Kier alpha value is -2.36. The average molecular weight is 366 g/mol. The van der Waals surface area contributed by atoms with Crippen LogP contribution in [0.4, 0.5) is 0 Å². The highest BCUT2D eigenvalue weighted by Crippen LogP contribution is 2.48. The molecule has 1 aliphatic rings. The van der Waals surface area contributed by atoms with Gasteiger partial charge >= 0.3 is 0 Å². The van der Waals surface area contributed by atoms with Crippen LogP contribution >= 0.6 is 0 Å². The van der Waals surface area contributed by atoms with E-state index in [4.69, 9.17) is 10.5 Å². The summed E-state index contributed by atoms with van der Waals surface area (Å²) in [7, 11) is 0. The molecule has 1 unspecified atom stereocenters. The van der Waals surface area contributed by atoms with E-state index >= 15 is 0 Å². The number of benzene rings is 1. The van der Waals surface area contributed by atoms with Crippen molar-refractivity contribution in [3.8, 4) is 5.75 Å². The number of hydrogen-bond donors (Lipinski definition) is 2. The quantitative estimate of drug-likeness (QED) is 0.469. The van der Waals surface area contributed by atoms with Crippen molar-refractivity contribution in [1.82, 2.24) is 0 Å². The van der Waals surface area contributed by atoms with E-state index < -0.39 is 11.3 Å². The summed E-state index contributed by atoms with van der Waals surface area (Å²) < 4.78 is 6.59. The monoisotopic (exact) mass is 365 g/mol. The zero-order valence-corrected chi connectivity index (χ0v) is 16.2. The number of nitrogens with two attached hydrogens (primary N) is 1. The Labute approximate surface area is 163 Å². The lowest BCUT2D eigenvalue weighted by molar-refractivity contribution is -0.0748. The van der Waals surface area contributed by atoms with Crippen molar-refractivity contribution in [2.24, 2.45) is 5.73 Å². The lowest BCUT2D eigenvalue weighted by Gasteiger charge is -2.46. The van der Waals surface area contributed by atoms with Crippen LogP contribution in [0.25, 0.3) is 0 Å². The molecule has 0 saturated heterocycles. The third-order valence-corrected chi connectivity index (χ3v) is 5.01. The summed E-state index contributed by atoms with van der Waals surface area (Å²) in [5.74, 6) is 0.658. The van der Waals surface area contributed by atoms with Gasteiger partial charge in [-0.2, -0.15) is 0 Å². The number of hydrogen-bond acceptors (Lipinski definition) is 3. The molecule has 0 aliphatic carbocycles. The van der Waals surface area contributed by atoms with Crippen molar-refractivity contribution >= 4 is 0 Å². The first-order valence-corrected chi connectivity index (χ1v) is 9.31. The van der Waals surface area contributed by atoms with Crippen molar-refractivity contribution in [1.29, 1.82) is 0 Å². The van der Waals surface area contributed by atoms with Gasteiger partial charge in [-0.1, -0.05) is 36.4 Å². The third-order valence-electron chi connectivity index (χ3n) is 5.01. The highest BCUT2D eigenvalue weighted by molar-refractivity contribution is 5.56. The predicted molar refractivity (Wildman–Crippen MR) is 114 cm³/mol. The van der Waals surface area contributed by atoms with Gasteiger partial charge in [0.25, 0.3) is 0 Å². The van der Waals surface area contributed by atoms with Crippen LogP contribution in [0.2, 0.25) is 0 Å². The highest BCUT2D eigenvalue weighted by atomic mass is 16.5. The zero-order valence-electron chi connectivity index (χ0n) is 16.2. The molecule has 1 aromatic carbocycles. The number of fused-ring (bicyclic) bond motifs is 1. The van der Waals surface area contributed by atoms with E-state index in [1.165, 1.54) is 0 Å². The summed E-state index contributed by atoms with van der Waals surface area (Å²) >= 11 is 0. The molecule has 1 aromatic rings. The van der Waals surface area contributed by atoms with Crippen LogP contribution in [0.5, 0.6) is 5.75 Å². The molecular weight excluding hydrogens is 334 g/mol. The number of rotatable bonds is 10. The molecule has 3 heteroatoms. The molecule has 1 atom stereocenters. The largest absolute Gasteiger partial charge is 0.486 e. The molecule has 0 saturated carbocycles. The summed E-state index contributed by atoms with van der Waals surface area (Å²) in [6.45, 7) is 19.3. The summed E-state index contributed by atoms with van der Waals surface area (Å²) in [6, 6.07) is 2.08. The highest BCUT2D eigenvalue weighted by Gasteiger charge is 2.47. The van der Waals surface area contributed by atoms with Crippen molar-refractivity contribution in [2.45, 2.75) is 49.9 Å². The van der Waals surface area contributed by atoms with E-state index in [-0.39, 0.29) is 6.42 Å². The maximum Gasteiger partial charge on any atom is 0.147 e. The second kappa shape index (κ2) is 8.55. The van der Waals surface area contributed by atoms with Gasteiger partial charge in [-0.05, 0) is 30.4 Å². The van der Waals surface area contributed by atoms with Crippen molar-refractivity contribution in [3.05, 3.63) is 91.6 Å². The summed E-state index contributed by atoms with van der Waals surface area (Å²) in [5.41, 5.74) is 7.96. The Balaban J connectivity index is 2.82. The molecule has 0 amide bonds. The lowest BCUT2D eigenvalue weighted by Crippen LogP contribution is -2.53. The van der Waals surface area contributed by atoms with Crippen LogP contribution in [0.15, 0.2) is 69.3 Å². The fraction of sp³-hybridized carbons (Fsp3) is 0.333. The maximum absolute atomic E-state index is 11.3.